The Balaban J connectivity index is 1.67. The van der Waals surface area contributed by atoms with E-state index in [1.807, 2.05) is 18.2 Å². The molecule has 140 valence electrons. The molecule has 8 heteroatoms. The van der Waals surface area contributed by atoms with Crippen LogP contribution in [0.3, 0.4) is 0 Å². The maximum Gasteiger partial charge on any atom is 0.241 e. The van der Waals surface area contributed by atoms with E-state index in [-0.39, 0.29) is 12.8 Å². The lowest BCUT2D eigenvalue weighted by Crippen LogP contribution is -2.43. The highest BCUT2D eigenvalue weighted by molar-refractivity contribution is 7.19. The standard InChI is InChI=1S/C19H18F2N4OS/c1-23-8-11-4-10(9-24-18(11)22)13-2-3-15-14(25-13)5-16(27-15)19(26)6-12(7-19)17(20)21/h2-5,8-9,12,17,26H,6-7H2,1H3,(H2,22,24). The second-order valence-electron chi connectivity index (χ2n) is 6.81. The van der Waals surface area contributed by atoms with Gasteiger partial charge in [0.15, 0.2) is 0 Å². The number of nitrogen functional groups attached to an aromatic ring is 1. The molecule has 1 saturated carbocycles. The number of alkyl halides is 2. The summed E-state index contributed by atoms with van der Waals surface area (Å²) in [6.45, 7) is 0. The first kappa shape index (κ1) is 17.9. The molecule has 1 aliphatic rings. The molecule has 3 aromatic rings. The zero-order valence-electron chi connectivity index (χ0n) is 14.6. The van der Waals surface area contributed by atoms with Gasteiger partial charge < -0.3 is 10.8 Å². The molecule has 1 fully saturated rings. The second kappa shape index (κ2) is 6.61. The van der Waals surface area contributed by atoms with E-state index >= 15 is 0 Å². The van der Waals surface area contributed by atoms with Crippen LogP contribution in [0.2, 0.25) is 0 Å². The Labute approximate surface area is 158 Å². The number of nitrogens with two attached hydrogens (primary N) is 1. The number of nitrogens with zero attached hydrogens (tertiary/aromatic N) is 3. The SMILES string of the molecule is CN=Cc1cc(-c2ccc3sc(C4(O)CC(C(F)F)C4)cc3n2)cnc1N. The highest BCUT2D eigenvalue weighted by Gasteiger charge is 2.48. The van der Waals surface area contributed by atoms with Gasteiger partial charge in [0.1, 0.15) is 5.82 Å². The Bertz CT molecular complexity index is 1030. The van der Waals surface area contributed by atoms with Gasteiger partial charge in [-0.25, -0.2) is 18.7 Å². The van der Waals surface area contributed by atoms with Crippen molar-refractivity contribution in [2.24, 2.45) is 10.9 Å². The van der Waals surface area contributed by atoms with Crippen LogP contribution >= 0.6 is 11.3 Å². The molecule has 4 rings (SSSR count). The number of aromatic nitrogens is 2. The summed E-state index contributed by atoms with van der Waals surface area (Å²) < 4.78 is 26.4. The summed E-state index contributed by atoms with van der Waals surface area (Å²) in [6, 6.07) is 7.45. The summed E-state index contributed by atoms with van der Waals surface area (Å²) in [7, 11) is 1.66. The van der Waals surface area contributed by atoms with Crippen molar-refractivity contribution < 1.29 is 13.9 Å². The lowest BCUT2D eigenvalue weighted by Gasteiger charge is -2.42. The molecule has 0 bridgehead atoms. The van der Waals surface area contributed by atoms with E-state index in [9.17, 15) is 13.9 Å². The number of aliphatic hydroxyl groups is 1. The average molecular weight is 388 g/mol. The fourth-order valence-electron chi connectivity index (χ4n) is 3.38. The predicted molar refractivity (Wildman–Crippen MR) is 103 cm³/mol. The molecule has 0 saturated heterocycles. The minimum atomic E-state index is -2.39. The van der Waals surface area contributed by atoms with Crippen LogP contribution in [0.15, 0.2) is 35.5 Å². The van der Waals surface area contributed by atoms with Crippen molar-refractivity contribution in [3.63, 3.8) is 0 Å². The van der Waals surface area contributed by atoms with Gasteiger partial charge in [-0.1, -0.05) is 0 Å². The Hall–Kier alpha value is -2.45. The Kier molecular flexibility index (Phi) is 4.39. The molecule has 0 amide bonds. The fourth-order valence-corrected chi connectivity index (χ4v) is 4.49. The van der Waals surface area contributed by atoms with Crippen LogP contribution in [-0.4, -0.2) is 34.8 Å². The highest BCUT2D eigenvalue weighted by Crippen LogP contribution is 2.50. The van der Waals surface area contributed by atoms with Crippen LogP contribution in [-0.2, 0) is 5.60 Å². The van der Waals surface area contributed by atoms with Crippen molar-refractivity contribution in [2.75, 3.05) is 12.8 Å². The number of pyridine rings is 2. The lowest BCUT2D eigenvalue weighted by molar-refractivity contribution is -0.124. The van der Waals surface area contributed by atoms with Crippen LogP contribution in [0.5, 0.6) is 0 Å². The van der Waals surface area contributed by atoms with E-state index in [1.165, 1.54) is 11.3 Å². The van der Waals surface area contributed by atoms with Gasteiger partial charge >= 0.3 is 0 Å². The molecule has 5 nitrogen and oxygen atoms in total. The Morgan fingerprint density at radius 2 is 2.15 bits per heavy atom. The first-order chi connectivity index (χ1) is 12.9. The molecule has 1 aliphatic carbocycles. The summed E-state index contributed by atoms with van der Waals surface area (Å²) >= 11 is 1.40. The molecular formula is C19H18F2N4OS. The van der Waals surface area contributed by atoms with Crippen molar-refractivity contribution in [2.45, 2.75) is 24.9 Å². The quantitative estimate of drug-likeness (QED) is 0.665. The van der Waals surface area contributed by atoms with E-state index in [0.29, 0.717) is 16.3 Å². The normalized spacial score (nSPS) is 22.6. The average Bonchev–Trinajstić information content (AvgIpc) is 3.04. The van der Waals surface area contributed by atoms with Crippen LogP contribution in [0.25, 0.3) is 21.5 Å². The molecule has 0 spiro atoms. The van der Waals surface area contributed by atoms with Crippen LogP contribution in [0.4, 0.5) is 14.6 Å². The zero-order chi connectivity index (χ0) is 19.2. The number of aliphatic imine (C=N–C) groups is 1. The number of fused-ring (bicyclic) bond motifs is 1. The first-order valence-electron chi connectivity index (χ1n) is 8.49. The molecule has 3 heterocycles. The zero-order valence-corrected chi connectivity index (χ0v) is 15.4. The smallest absolute Gasteiger partial charge is 0.241 e. The molecule has 3 N–H and O–H groups in total. The number of halogens is 2. The number of rotatable bonds is 4. The number of anilines is 1. The van der Waals surface area contributed by atoms with Gasteiger partial charge in [0.05, 0.1) is 21.5 Å². The van der Waals surface area contributed by atoms with E-state index in [2.05, 4.69) is 15.0 Å². The number of thiophene rings is 1. The Morgan fingerprint density at radius 1 is 1.37 bits per heavy atom. The first-order valence-corrected chi connectivity index (χ1v) is 9.31. The number of hydrogen-bond acceptors (Lipinski definition) is 6. The third-order valence-corrected chi connectivity index (χ3v) is 6.18. The van der Waals surface area contributed by atoms with Crippen molar-refractivity contribution in [1.82, 2.24) is 9.97 Å². The fraction of sp³-hybridized carbons (Fsp3) is 0.316. The molecule has 3 aromatic heterocycles. The second-order valence-corrected chi connectivity index (χ2v) is 7.89. The van der Waals surface area contributed by atoms with Gasteiger partial charge in [0, 0.05) is 41.4 Å². The molecule has 0 unspecified atom stereocenters. The van der Waals surface area contributed by atoms with E-state index in [1.54, 1.807) is 25.5 Å². The van der Waals surface area contributed by atoms with Crippen LogP contribution in [0, 0.1) is 5.92 Å². The molecular weight excluding hydrogens is 370 g/mol. The highest BCUT2D eigenvalue weighted by atomic mass is 32.1. The molecule has 0 radical (unpaired) electrons. The molecule has 0 aliphatic heterocycles. The number of hydrogen-bond donors (Lipinski definition) is 2. The summed E-state index contributed by atoms with van der Waals surface area (Å²) in [5.41, 5.74) is 7.64. The van der Waals surface area contributed by atoms with Gasteiger partial charge in [0.25, 0.3) is 0 Å². The summed E-state index contributed by atoms with van der Waals surface area (Å²) in [4.78, 5) is 13.5. The van der Waals surface area contributed by atoms with Crippen molar-refractivity contribution >= 4 is 33.6 Å². The topological polar surface area (TPSA) is 84.4 Å². The van der Waals surface area contributed by atoms with Crippen LogP contribution in [0.1, 0.15) is 23.3 Å². The van der Waals surface area contributed by atoms with Gasteiger partial charge in [-0.05, 0) is 37.1 Å². The summed E-state index contributed by atoms with van der Waals surface area (Å²) in [6.07, 6.45) is 1.08. The molecule has 27 heavy (non-hydrogen) atoms. The predicted octanol–water partition coefficient (Wildman–Crippen LogP) is 3.85. The minimum absolute atomic E-state index is 0.0892. The summed E-state index contributed by atoms with van der Waals surface area (Å²) in [5.74, 6) is -0.340. The van der Waals surface area contributed by atoms with E-state index < -0.39 is 17.9 Å². The molecule has 0 aromatic carbocycles. The minimum Gasteiger partial charge on any atom is -0.384 e. The van der Waals surface area contributed by atoms with Crippen molar-refractivity contribution in [1.29, 1.82) is 0 Å². The lowest BCUT2D eigenvalue weighted by atomic mass is 9.70. The summed E-state index contributed by atoms with van der Waals surface area (Å²) in [5, 5.41) is 10.6. The third-order valence-electron chi connectivity index (χ3n) is 4.90. The molecule has 0 atom stereocenters. The Morgan fingerprint density at radius 3 is 2.85 bits per heavy atom. The van der Waals surface area contributed by atoms with Gasteiger partial charge in [-0.2, -0.15) is 0 Å². The largest absolute Gasteiger partial charge is 0.384 e. The van der Waals surface area contributed by atoms with E-state index in [4.69, 9.17) is 5.73 Å². The van der Waals surface area contributed by atoms with Crippen molar-refractivity contribution in [3.05, 3.63) is 40.9 Å². The van der Waals surface area contributed by atoms with Gasteiger partial charge in [0.2, 0.25) is 6.43 Å². The van der Waals surface area contributed by atoms with E-state index in [0.717, 1.165) is 21.5 Å². The van der Waals surface area contributed by atoms with Gasteiger partial charge in [-0.3, -0.25) is 4.99 Å². The maximum absolute atomic E-state index is 12.8. The maximum atomic E-state index is 12.8. The van der Waals surface area contributed by atoms with Crippen LogP contribution < -0.4 is 5.73 Å². The monoisotopic (exact) mass is 388 g/mol. The van der Waals surface area contributed by atoms with Gasteiger partial charge in [-0.15, -0.1) is 11.3 Å². The van der Waals surface area contributed by atoms with Crippen molar-refractivity contribution in [3.8, 4) is 11.3 Å². The third kappa shape index (κ3) is 3.19.